The van der Waals surface area contributed by atoms with Crippen molar-refractivity contribution in [2.24, 2.45) is 0 Å². The van der Waals surface area contributed by atoms with Gasteiger partial charge in [0, 0.05) is 24.5 Å². The lowest BCUT2D eigenvalue weighted by atomic mass is 10.1. The van der Waals surface area contributed by atoms with Gasteiger partial charge in [0.1, 0.15) is 5.75 Å². The summed E-state index contributed by atoms with van der Waals surface area (Å²) in [5, 5.41) is 25.3. The average Bonchev–Trinajstić information content (AvgIpc) is 2.96. The first-order valence-electron chi connectivity index (χ1n) is 6.61. The molecule has 0 amide bonds. The lowest BCUT2D eigenvalue weighted by molar-refractivity contribution is -0.380. The van der Waals surface area contributed by atoms with Gasteiger partial charge in [0.2, 0.25) is 0 Å². The number of ether oxygens (including phenoxy) is 1. The highest BCUT2D eigenvalue weighted by atomic mass is 32.1. The van der Waals surface area contributed by atoms with Crippen LogP contribution in [0.4, 0.5) is 13.8 Å². The number of nitrogens with one attached hydrogen (secondary N) is 1. The molecule has 0 spiro atoms. The maximum atomic E-state index is 12.0. The Kier molecular flexibility index (Phi) is 5.97. The molecule has 0 aliphatic carbocycles. The molecule has 1 aromatic carbocycles. The van der Waals surface area contributed by atoms with E-state index in [0.29, 0.717) is 12.1 Å². The van der Waals surface area contributed by atoms with Crippen molar-refractivity contribution in [3.05, 3.63) is 57.0 Å². The van der Waals surface area contributed by atoms with Gasteiger partial charge in [0.15, 0.2) is 0 Å². The summed E-state index contributed by atoms with van der Waals surface area (Å²) in [6.07, 6.45) is -0.829. The van der Waals surface area contributed by atoms with E-state index in [4.69, 9.17) is 0 Å². The van der Waals surface area contributed by atoms with Gasteiger partial charge >= 0.3 is 11.6 Å². The molecule has 1 unspecified atom stereocenters. The molecule has 1 heterocycles. The largest absolute Gasteiger partial charge is 0.435 e. The van der Waals surface area contributed by atoms with Gasteiger partial charge in [-0.3, -0.25) is 10.1 Å². The first-order chi connectivity index (χ1) is 11.0. The summed E-state index contributed by atoms with van der Waals surface area (Å²) >= 11 is 1.04. The van der Waals surface area contributed by atoms with Crippen molar-refractivity contribution >= 4 is 16.3 Å². The first-order valence-corrected chi connectivity index (χ1v) is 7.49. The molecule has 0 aliphatic rings. The molecular formula is C14H14F2N2O4S. The molecule has 9 heteroatoms. The summed E-state index contributed by atoms with van der Waals surface area (Å²) in [7, 11) is 0. The minimum atomic E-state index is -2.89. The molecule has 2 rings (SSSR count). The number of hydrogen-bond donors (Lipinski definition) is 2. The maximum Gasteiger partial charge on any atom is 0.387 e. The molecule has 1 atom stereocenters. The van der Waals surface area contributed by atoms with Crippen LogP contribution in [0.3, 0.4) is 0 Å². The summed E-state index contributed by atoms with van der Waals surface area (Å²) in [6.45, 7) is -2.28. The zero-order chi connectivity index (χ0) is 16.8. The third kappa shape index (κ3) is 5.23. The number of hydrogen-bond acceptors (Lipinski definition) is 6. The third-order valence-corrected chi connectivity index (χ3v) is 3.91. The van der Waals surface area contributed by atoms with Gasteiger partial charge < -0.3 is 15.2 Å². The number of nitrogens with zero attached hydrogens (tertiary/aromatic N) is 1. The topological polar surface area (TPSA) is 84.6 Å². The molecule has 2 aromatic rings. The first kappa shape index (κ1) is 17.3. The molecule has 2 N–H and O–H groups in total. The molecule has 1 aromatic heterocycles. The van der Waals surface area contributed by atoms with Crippen LogP contribution >= 0.6 is 11.3 Å². The standard InChI is InChI=1S/C14H14F2N2O4S/c15-14(16)22-11-3-1-10(2-4-11)12(19)7-17-6-9-5-13(18(20)21)23-8-9/h1-5,8,12,14,17,19H,6-7H2. The average molecular weight is 344 g/mol. The molecule has 0 fully saturated rings. The van der Waals surface area contributed by atoms with E-state index < -0.39 is 17.6 Å². The van der Waals surface area contributed by atoms with Crippen molar-refractivity contribution in [1.29, 1.82) is 0 Å². The van der Waals surface area contributed by atoms with Crippen LogP contribution < -0.4 is 10.1 Å². The Hall–Kier alpha value is -2.10. The van der Waals surface area contributed by atoms with Gasteiger partial charge in [-0.2, -0.15) is 8.78 Å². The van der Waals surface area contributed by atoms with E-state index in [1.165, 1.54) is 30.3 Å². The van der Waals surface area contributed by atoms with Crippen LogP contribution in [0.2, 0.25) is 0 Å². The lowest BCUT2D eigenvalue weighted by Gasteiger charge is -2.12. The van der Waals surface area contributed by atoms with E-state index in [9.17, 15) is 24.0 Å². The number of benzene rings is 1. The van der Waals surface area contributed by atoms with Crippen LogP contribution in [0.25, 0.3) is 0 Å². The van der Waals surface area contributed by atoms with E-state index in [2.05, 4.69) is 10.1 Å². The van der Waals surface area contributed by atoms with Crippen LogP contribution in [-0.4, -0.2) is 23.2 Å². The van der Waals surface area contributed by atoms with E-state index in [-0.39, 0.29) is 17.3 Å². The quantitative estimate of drug-likeness (QED) is 0.568. The zero-order valence-electron chi connectivity index (χ0n) is 11.8. The fraction of sp³-hybridized carbons (Fsp3) is 0.286. The van der Waals surface area contributed by atoms with Crippen molar-refractivity contribution in [3.8, 4) is 5.75 Å². The second-order valence-electron chi connectivity index (χ2n) is 4.64. The Balaban J connectivity index is 1.81. The highest BCUT2D eigenvalue weighted by Crippen LogP contribution is 2.23. The Morgan fingerprint density at radius 2 is 2.04 bits per heavy atom. The summed E-state index contributed by atoms with van der Waals surface area (Å²) in [6, 6.07) is 7.18. The smallest absolute Gasteiger partial charge is 0.387 e. The predicted molar refractivity (Wildman–Crippen MR) is 80.7 cm³/mol. The Labute approximate surface area is 134 Å². The van der Waals surface area contributed by atoms with Crippen molar-refractivity contribution in [1.82, 2.24) is 5.32 Å². The number of thiophene rings is 1. The fourth-order valence-electron chi connectivity index (χ4n) is 1.89. The maximum absolute atomic E-state index is 12.0. The molecule has 0 saturated carbocycles. The second kappa shape index (κ2) is 7.95. The minimum absolute atomic E-state index is 0.0227. The van der Waals surface area contributed by atoms with Gasteiger partial charge in [-0.1, -0.05) is 23.5 Å². The summed E-state index contributed by atoms with van der Waals surface area (Å²) in [5.74, 6) is 0.0227. The predicted octanol–water partition coefficient (Wildman–Crippen LogP) is 3.08. The molecule has 0 aliphatic heterocycles. The lowest BCUT2D eigenvalue weighted by Crippen LogP contribution is -2.20. The van der Waals surface area contributed by atoms with E-state index >= 15 is 0 Å². The Bertz CT molecular complexity index is 648. The summed E-state index contributed by atoms with van der Waals surface area (Å²) in [4.78, 5) is 10.1. The van der Waals surface area contributed by atoms with Crippen LogP contribution in [0.15, 0.2) is 35.7 Å². The third-order valence-electron chi connectivity index (χ3n) is 2.98. The van der Waals surface area contributed by atoms with Crippen molar-refractivity contribution in [2.45, 2.75) is 19.3 Å². The molecule has 23 heavy (non-hydrogen) atoms. The number of rotatable bonds is 8. The van der Waals surface area contributed by atoms with Crippen LogP contribution in [0.1, 0.15) is 17.2 Å². The second-order valence-corrected chi connectivity index (χ2v) is 5.53. The van der Waals surface area contributed by atoms with E-state index in [0.717, 1.165) is 16.9 Å². The van der Waals surface area contributed by atoms with Gasteiger partial charge in [-0.25, -0.2) is 0 Å². The molecule has 6 nitrogen and oxygen atoms in total. The van der Waals surface area contributed by atoms with E-state index in [1.54, 1.807) is 5.38 Å². The number of nitro groups is 1. The fourth-order valence-corrected chi connectivity index (χ4v) is 2.62. The van der Waals surface area contributed by atoms with E-state index in [1.807, 2.05) is 0 Å². The zero-order valence-corrected chi connectivity index (χ0v) is 12.6. The normalized spacial score (nSPS) is 12.3. The molecule has 0 saturated heterocycles. The molecular weight excluding hydrogens is 330 g/mol. The van der Waals surface area contributed by atoms with Gasteiger partial charge in [0.05, 0.1) is 11.0 Å². The van der Waals surface area contributed by atoms with Crippen LogP contribution in [0.5, 0.6) is 5.75 Å². The summed E-state index contributed by atoms with van der Waals surface area (Å²) < 4.78 is 28.3. The highest BCUT2D eigenvalue weighted by molar-refractivity contribution is 7.13. The Morgan fingerprint density at radius 3 is 2.61 bits per heavy atom. The number of aliphatic hydroxyl groups is 1. The number of halogens is 2. The number of aliphatic hydroxyl groups excluding tert-OH is 1. The van der Waals surface area contributed by atoms with Crippen molar-refractivity contribution in [2.75, 3.05) is 6.54 Å². The minimum Gasteiger partial charge on any atom is -0.435 e. The van der Waals surface area contributed by atoms with Gasteiger partial charge in [-0.15, -0.1) is 0 Å². The van der Waals surface area contributed by atoms with Crippen LogP contribution in [-0.2, 0) is 6.54 Å². The molecule has 0 bridgehead atoms. The molecule has 124 valence electrons. The van der Waals surface area contributed by atoms with Crippen molar-refractivity contribution in [3.63, 3.8) is 0 Å². The highest BCUT2D eigenvalue weighted by Gasteiger charge is 2.11. The SMILES string of the molecule is O=[N+]([O-])c1cc(CNCC(O)c2ccc(OC(F)F)cc2)cs1. The van der Waals surface area contributed by atoms with Gasteiger partial charge in [0.25, 0.3) is 0 Å². The van der Waals surface area contributed by atoms with Crippen LogP contribution in [0, 0.1) is 10.1 Å². The van der Waals surface area contributed by atoms with Crippen molar-refractivity contribution < 1.29 is 23.5 Å². The molecule has 0 radical (unpaired) electrons. The monoisotopic (exact) mass is 344 g/mol. The summed E-state index contributed by atoms with van der Waals surface area (Å²) in [5.41, 5.74) is 1.31. The Morgan fingerprint density at radius 1 is 1.35 bits per heavy atom. The number of alkyl halides is 2. The van der Waals surface area contributed by atoms with Gasteiger partial charge in [-0.05, 0) is 23.3 Å².